The van der Waals surface area contributed by atoms with E-state index in [1.165, 1.54) is 7.11 Å². The molecule has 2 aliphatic heterocycles. The number of ether oxygens (including phenoxy) is 1. The Bertz CT molecular complexity index is 1000. The quantitative estimate of drug-likeness (QED) is 0.134. The summed E-state index contributed by atoms with van der Waals surface area (Å²) >= 11 is 1.63. The van der Waals surface area contributed by atoms with Crippen LogP contribution < -0.4 is 22.5 Å². The van der Waals surface area contributed by atoms with Crippen LogP contribution in [0, 0.1) is 0 Å². The van der Waals surface area contributed by atoms with Gasteiger partial charge in [0.1, 0.15) is 6.04 Å². The maximum atomic E-state index is 13.5. The van der Waals surface area contributed by atoms with Gasteiger partial charge in [0.25, 0.3) is 0 Å². The number of nitrogens with one attached hydrogen (secondary N) is 1. The molecule has 37 heavy (non-hydrogen) atoms. The fourth-order valence-electron chi connectivity index (χ4n) is 4.79. The molecule has 0 aromatic heterocycles. The van der Waals surface area contributed by atoms with E-state index >= 15 is 0 Å². The number of nitrogens with zero attached hydrogens (tertiary/aromatic N) is 2. The maximum Gasteiger partial charge on any atom is 0.305 e. The fourth-order valence-corrected chi connectivity index (χ4v) is 6.33. The number of amides is 2. The number of piperidine rings is 1. The van der Waals surface area contributed by atoms with Gasteiger partial charge < -0.3 is 32.2 Å². The number of benzene rings is 1. The highest BCUT2D eigenvalue weighted by molar-refractivity contribution is 7.99. The Balaban J connectivity index is 1.76. The number of hydrogen-bond donors (Lipinski definition) is 4. The third-order valence-corrected chi connectivity index (χ3v) is 8.16. The summed E-state index contributed by atoms with van der Waals surface area (Å²) in [5.41, 5.74) is 18.0. The monoisotopic (exact) mass is 532 g/mol. The van der Waals surface area contributed by atoms with Crippen molar-refractivity contribution in [3.63, 3.8) is 0 Å². The number of hydrogen-bond acceptors (Lipinski definition) is 8. The van der Waals surface area contributed by atoms with E-state index in [4.69, 9.17) is 17.2 Å². The van der Waals surface area contributed by atoms with Crippen LogP contribution in [0.15, 0.2) is 35.3 Å². The molecule has 3 rings (SSSR count). The van der Waals surface area contributed by atoms with Crippen molar-refractivity contribution in [1.82, 2.24) is 10.2 Å². The molecule has 0 bridgehead atoms. The van der Waals surface area contributed by atoms with Crippen LogP contribution in [0.5, 0.6) is 0 Å². The van der Waals surface area contributed by atoms with Crippen LogP contribution in [0.1, 0.15) is 49.3 Å². The number of ketones is 1. The summed E-state index contributed by atoms with van der Waals surface area (Å²) in [7, 11) is 1.25. The number of rotatable bonds is 11. The number of carbonyl (C=O) groups is 4. The van der Waals surface area contributed by atoms with Crippen molar-refractivity contribution in [2.24, 2.45) is 22.2 Å². The largest absolute Gasteiger partial charge is 0.469 e. The molecule has 2 aliphatic rings. The summed E-state index contributed by atoms with van der Waals surface area (Å²) in [6.07, 6.45) is 1.80. The molecule has 0 aliphatic carbocycles. The molecule has 202 valence electrons. The first-order valence-corrected chi connectivity index (χ1v) is 13.5. The first-order valence-electron chi connectivity index (χ1n) is 12.4. The average molecular weight is 533 g/mol. The maximum absolute atomic E-state index is 13.5. The van der Waals surface area contributed by atoms with Gasteiger partial charge in [-0.15, -0.1) is 11.8 Å². The number of nitrogens with two attached hydrogens (primary N) is 3. The van der Waals surface area contributed by atoms with Gasteiger partial charge in [-0.3, -0.25) is 24.2 Å². The van der Waals surface area contributed by atoms with Gasteiger partial charge in [-0.05, 0) is 31.2 Å². The molecule has 2 amide bonds. The zero-order chi connectivity index (χ0) is 26.9. The Morgan fingerprint density at radius 3 is 2.59 bits per heavy atom. The first kappa shape index (κ1) is 28.5. The molecular weight excluding hydrogens is 496 g/mol. The highest BCUT2D eigenvalue weighted by atomic mass is 32.2. The van der Waals surface area contributed by atoms with Crippen molar-refractivity contribution in [2.75, 3.05) is 19.4 Å². The molecule has 1 aromatic rings. The Morgan fingerprint density at radius 2 is 1.92 bits per heavy atom. The molecule has 0 radical (unpaired) electrons. The zero-order valence-corrected chi connectivity index (χ0v) is 21.8. The minimum absolute atomic E-state index is 0.0266. The Labute approximate surface area is 220 Å². The van der Waals surface area contributed by atoms with Gasteiger partial charge in [0, 0.05) is 24.8 Å². The van der Waals surface area contributed by atoms with Crippen molar-refractivity contribution < 1.29 is 23.9 Å². The van der Waals surface area contributed by atoms with E-state index in [1.807, 2.05) is 30.3 Å². The summed E-state index contributed by atoms with van der Waals surface area (Å²) in [4.78, 5) is 56.8. The third-order valence-electron chi connectivity index (χ3n) is 6.71. The number of fused-ring (bicyclic) bond motifs is 1. The lowest BCUT2D eigenvalue weighted by molar-refractivity contribution is -0.147. The van der Waals surface area contributed by atoms with Crippen LogP contribution in [-0.2, 0) is 23.9 Å². The summed E-state index contributed by atoms with van der Waals surface area (Å²) < 4.78 is 4.63. The second-order valence-electron chi connectivity index (χ2n) is 9.23. The topological polar surface area (TPSA) is 183 Å². The van der Waals surface area contributed by atoms with E-state index in [1.54, 1.807) is 16.7 Å². The van der Waals surface area contributed by atoms with Crippen LogP contribution in [0.4, 0.5) is 0 Å². The summed E-state index contributed by atoms with van der Waals surface area (Å²) in [6.45, 7) is 0.290. The standard InChI is InChI=1S/C25H36N6O5S/c1-36-21(33)12-11-20(32)17(8-5-13-29-25(27)28)30-23(34)19-14-37-22(15-6-3-2-4-7-15)18-10-9-16(26)24(35)31(18)19/h2-4,6-7,16-19,22H,5,8-14,26H2,1H3,(H,30,34)(H4,27,28,29). The predicted molar refractivity (Wildman–Crippen MR) is 141 cm³/mol. The SMILES string of the molecule is COC(=O)CCC(=O)C(CCCN=C(N)N)NC(=O)C1CSC(c2ccccc2)C2CCC(N)C(=O)N12. The molecule has 12 heteroatoms. The van der Waals surface area contributed by atoms with Crippen molar-refractivity contribution in [3.8, 4) is 0 Å². The van der Waals surface area contributed by atoms with Crippen LogP contribution >= 0.6 is 11.8 Å². The van der Waals surface area contributed by atoms with E-state index < -0.39 is 30.0 Å². The molecule has 5 atom stereocenters. The average Bonchev–Trinajstić information content (AvgIpc) is 2.90. The molecule has 11 nitrogen and oxygen atoms in total. The van der Waals surface area contributed by atoms with Crippen LogP contribution in [0.25, 0.3) is 0 Å². The fraction of sp³-hybridized carbons (Fsp3) is 0.560. The highest BCUT2D eigenvalue weighted by Crippen LogP contribution is 2.44. The Hall–Kier alpha value is -3.12. The lowest BCUT2D eigenvalue weighted by atomic mass is 9.90. The van der Waals surface area contributed by atoms with Gasteiger partial charge in [0.15, 0.2) is 11.7 Å². The van der Waals surface area contributed by atoms with Gasteiger partial charge in [0.2, 0.25) is 11.8 Å². The molecule has 2 saturated heterocycles. The van der Waals surface area contributed by atoms with Gasteiger partial charge in [-0.1, -0.05) is 30.3 Å². The number of guanidine groups is 1. The summed E-state index contributed by atoms with van der Waals surface area (Å²) in [5, 5.41) is 2.87. The predicted octanol–water partition coefficient (Wildman–Crippen LogP) is 0.222. The summed E-state index contributed by atoms with van der Waals surface area (Å²) in [5.74, 6) is -1.16. The molecule has 2 fully saturated rings. The third kappa shape index (κ3) is 7.45. The van der Waals surface area contributed by atoms with E-state index in [0.29, 0.717) is 31.6 Å². The zero-order valence-electron chi connectivity index (χ0n) is 21.0. The number of esters is 1. The van der Waals surface area contributed by atoms with Gasteiger partial charge in [0.05, 0.1) is 30.9 Å². The molecular formula is C25H36N6O5S. The minimum Gasteiger partial charge on any atom is -0.469 e. The van der Waals surface area contributed by atoms with E-state index in [2.05, 4.69) is 15.0 Å². The Morgan fingerprint density at radius 1 is 1.19 bits per heavy atom. The second kappa shape index (κ2) is 13.4. The summed E-state index contributed by atoms with van der Waals surface area (Å²) in [6, 6.07) is 7.46. The number of aliphatic imine (C=N–C) groups is 1. The van der Waals surface area contributed by atoms with Gasteiger partial charge in [-0.2, -0.15) is 0 Å². The molecule has 2 heterocycles. The lowest BCUT2D eigenvalue weighted by Crippen LogP contribution is -2.65. The second-order valence-corrected chi connectivity index (χ2v) is 10.4. The smallest absolute Gasteiger partial charge is 0.305 e. The van der Waals surface area contributed by atoms with Gasteiger partial charge >= 0.3 is 5.97 Å². The lowest BCUT2D eigenvalue weighted by Gasteiger charge is -2.49. The number of Topliss-reactive ketones (excluding diaryl/α,β-unsaturated/α-hetero) is 1. The first-order chi connectivity index (χ1) is 17.7. The van der Waals surface area contributed by atoms with Crippen molar-refractivity contribution in [3.05, 3.63) is 35.9 Å². The number of methoxy groups -OCH3 is 1. The molecule has 0 spiro atoms. The van der Waals surface area contributed by atoms with Gasteiger partial charge in [-0.25, -0.2) is 0 Å². The molecule has 0 saturated carbocycles. The van der Waals surface area contributed by atoms with Crippen LogP contribution in [0.3, 0.4) is 0 Å². The number of carbonyl (C=O) groups excluding carboxylic acids is 4. The van der Waals surface area contributed by atoms with E-state index in [9.17, 15) is 19.2 Å². The van der Waals surface area contributed by atoms with E-state index in [-0.39, 0.29) is 48.2 Å². The van der Waals surface area contributed by atoms with Crippen LogP contribution in [-0.4, -0.2) is 78.0 Å². The highest BCUT2D eigenvalue weighted by Gasteiger charge is 2.48. The normalized spacial score (nSPS) is 23.9. The van der Waals surface area contributed by atoms with Crippen molar-refractivity contribution >= 4 is 41.3 Å². The van der Waals surface area contributed by atoms with Crippen molar-refractivity contribution in [1.29, 1.82) is 0 Å². The molecule has 1 aromatic carbocycles. The van der Waals surface area contributed by atoms with E-state index in [0.717, 1.165) is 5.56 Å². The van der Waals surface area contributed by atoms with Crippen molar-refractivity contribution in [2.45, 2.75) is 67.9 Å². The Kier molecular flexibility index (Phi) is 10.3. The minimum atomic E-state index is -0.852. The number of thioether (sulfide) groups is 1. The van der Waals surface area contributed by atoms with Crippen LogP contribution in [0.2, 0.25) is 0 Å². The molecule has 7 N–H and O–H groups in total. The molecule has 5 unspecified atom stereocenters.